The lowest BCUT2D eigenvalue weighted by atomic mass is 10.1. The van der Waals surface area contributed by atoms with Crippen LogP contribution in [-0.4, -0.2) is 23.2 Å². The van der Waals surface area contributed by atoms with E-state index in [-0.39, 0.29) is 16.4 Å². The number of sulfonamides is 1. The summed E-state index contributed by atoms with van der Waals surface area (Å²) in [6.07, 6.45) is -2.16. The molecule has 0 atom stereocenters. The molecule has 160 valence electrons. The van der Waals surface area contributed by atoms with Crippen molar-refractivity contribution in [2.45, 2.75) is 11.2 Å². The summed E-state index contributed by atoms with van der Waals surface area (Å²) in [6.45, 7) is 0. The van der Waals surface area contributed by atoms with E-state index in [1.165, 1.54) is 18.4 Å². The monoisotopic (exact) mass is 468 g/mol. The second-order valence-electron chi connectivity index (χ2n) is 6.40. The summed E-state index contributed by atoms with van der Waals surface area (Å²) in [6, 6.07) is 11.3. The van der Waals surface area contributed by atoms with E-state index < -0.39 is 26.9 Å². The third-order valence-corrected chi connectivity index (χ3v) is 5.45. The Morgan fingerprint density at radius 1 is 1.10 bits per heavy atom. The maximum Gasteiger partial charge on any atom is 0.435 e. The summed E-state index contributed by atoms with van der Waals surface area (Å²) in [4.78, 5) is 3.70. The van der Waals surface area contributed by atoms with E-state index in [2.05, 4.69) is 10.1 Å². The van der Waals surface area contributed by atoms with Gasteiger partial charge in [-0.3, -0.25) is 0 Å². The molecule has 31 heavy (non-hydrogen) atoms. The van der Waals surface area contributed by atoms with Gasteiger partial charge in [0.25, 0.3) is 10.0 Å². The third kappa shape index (κ3) is 4.20. The Balaban J connectivity index is 1.84. The molecule has 1 aromatic carbocycles. The Hall–Kier alpha value is -3.15. The van der Waals surface area contributed by atoms with Crippen LogP contribution in [-0.2, 0) is 16.2 Å². The summed E-state index contributed by atoms with van der Waals surface area (Å²) in [5.41, 5.74) is -0.0470. The fourth-order valence-corrected chi connectivity index (χ4v) is 3.63. The topological polar surface area (TPSA) is 104 Å². The minimum absolute atomic E-state index is 0.0744. The summed E-state index contributed by atoms with van der Waals surface area (Å²) in [5, 5.41) is 8.48. The van der Waals surface area contributed by atoms with Crippen LogP contribution < -0.4 is 5.14 Å². The molecule has 0 aliphatic carbocycles. The highest BCUT2D eigenvalue weighted by atomic mass is 35.5. The molecule has 12 heteroatoms. The largest absolute Gasteiger partial charge is 0.464 e. The molecule has 0 fully saturated rings. The molecule has 3 heterocycles. The van der Waals surface area contributed by atoms with Gasteiger partial charge in [-0.15, -0.1) is 0 Å². The van der Waals surface area contributed by atoms with Crippen LogP contribution >= 0.6 is 11.6 Å². The molecule has 0 saturated carbocycles. The van der Waals surface area contributed by atoms with Gasteiger partial charge in [-0.05, 0) is 42.5 Å². The van der Waals surface area contributed by atoms with Gasteiger partial charge in [-0.1, -0.05) is 17.7 Å². The van der Waals surface area contributed by atoms with Crippen molar-refractivity contribution in [2.75, 3.05) is 0 Å². The number of alkyl halides is 3. The van der Waals surface area contributed by atoms with Gasteiger partial charge in [0.2, 0.25) is 0 Å². The minimum Gasteiger partial charge on any atom is -0.464 e. The average molecular weight is 469 g/mol. The molecule has 0 aliphatic rings. The Morgan fingerprint density at radius 2 is 1.87 bits per heavy atom. The fraction of sp³-hybridized carbons (Fsp3) is 0.0526. The predicted molar refractivity (Wildman–Crippen MR) is 106 cm³/mol. The molecule has 0 amide bonds. The standard InChI is InChI=1S/C19H12ClF3N4O3S/c20-14-8-11(3-5-13(14)16-2-1-7-30-16)15-9-17(19(21,22)23)26-27(15)12-4-6-18(25-10-12)31(24,28)29/h1-10H,(H2,24,28,29). The van der Waals surface area contributed by atoms with Crippen LogP contribution in [0.3, 0.4) is 0 Å². The number of benzene rings is 1. The lowest BCUT2D eigenvalue weighted by molar-refractivity contribution is -0.141. The zero-order valence-electron chi connectivity index (χ0n) is 15.3. The quantitative estimate of drug-likeness (QED) is 0.474. The first-order valence-corrected chi connectivity index (χ1v) is 10.5. The normalized spacial score (nSPS) is 12.3. The van der Waals surface area contributed by atoms with E-state index in [4.69, 9.17) is 21.2 Å². The number of hydrogen-bond acceptors (Lipinski definition) is 5. The van der Waals surface area contributed by atoms with E-state index in [0.717, 1.165) is 23.0 Å². The van der Waals surface area contributed by atoms with Gasteiger partial charge >= 0.3 is 6.18 Å². The van der Waals surface area contributed by atoms with Crippen LogP contribution in [0.15, 0.2) is 70.4 Å². The van der Waals surface area contributed by atoms with Crippen LogP contribution in [0.4, 0.5) is 13.2 Å². The number of aromatic nitrogens is 3. The third-order valence-electron chi connectivity index (χ3n) is 4.31. The van der Waals surface area contributed by atoms with E-state index in [0.29, 0.717) is 16.9 Å². The zero-order valence-corrected chi connectivity index (χ0v) is 16.9. The molecule has 0 radical (unpaired) electrons. The van der Waals surface area contributed by atoms with E-state index in [1.54, 1.807) is 24.3 Å². The highest BCUT2D eigenvalue weighted by Crippen LogP contribution is 2.36. The minimum atomic E-state index is -4.70. The molecular formula is C19H12ClF3N4O3S. The van der Waals surface area contributed by atoms with Crippen LogP contribution in [0.25, 0.3) is 28.3 Å². The fourth-order valence-electron chi connectivity index (χ4n) is 2.89. The number of nitrogens with two attached hydrogens (primary N) is 1. The van der Waals surface area contributed by atoms with Gasteiger partial charge in [0.1, 0.15) is 5.76 Å². The smallest absolute Gasteiger partial charge is 0.435 e. The second-order valence-corrected chi connectivity index (χ2v) is 8.31. The molecule has 2 N–H and O–H groups in total. The van der Waals surface area contributed by atoms with Gasteiger partial charge in [-0.25, -0.2) is 23.2 Å². The van der Waals surface area contributed by atoms with Crippen molar-refractivity contribution in [3.63, 3.8) is 0 Å². The average Bonchev–Trinajstić information content (AvgIpc) is 3.37. The summed E-state index contributed by atoms with van der Waals surface area (Å²) in [5.74, 6) is 0.504. The number of hydrogen-bond donors (Lipinski definition) is 1. The Morgan fingerprint density at radius 3 is 2.42 bits per heavy atom. The van der Waals surface area contributed by atoms with Crippen molar-refractivity contribution in [1.82, 2.24) is 14.8 Å². The van der Waals surface area contributed by atoms with Crippen molar-refractivity contribution in [3.05, 3.63) is 71.7 Å². The van der Waals surface area contributed by atoms with Crippen molar-refractivity contribution < 1.29 is 26.0 Å². The predicted octanol–water partition coefficient (Wildman–Crippen LogP) is 4.51. The molecule has 0 unspecified atom stereocenters. The van der Waals surface area contributed by atoms with Gasteiger partial charge in [0, 0.05) is 11.1 Å². The first-order chi connectivity index (χ1) is 14.5. The Labute approximate surface area is 178 Å². The first-order valence-electron chi connectivity index (χ1n) is 8.54. The second kappa shape index (κ2) is 7.52. The maximum atomic E-state index is 13.3. The van der Waals surface area contributed by atoms with Crippen molar-refractivity contribution >= 4 is 21.6 Å². The lowest BCUT2D eigenvalue weighted by Gasteiger charge is -2.09. The Kier molecular flexibility index (Phi) is 5.12. The van der Waals surface area contributed by atoms with E-state index >= 15 is 0 Å². The number of halogens is 4. The van der Waals surface area contributed by atoms with Crippen molar-refractivity contribution in [2.24, 2.45) is 5.14 Å². The summed E-state index contributed by atoms with van der Waals surface area (Å²) < 4.78 is 69.1. The number of pyridine rings is 1. The van der Waals surface area contributed by atoms with Gasteiger partial charge < -0.3 is 4.42 Å². The molecular weight excluding hydrogens is 457 g/mol. The highest BCUT2D eigenvalue weighted by Gasteiger charge is 2.35. The molecule has 0 spiro atoms. The first kappa shape index (κ1) is 21.1. The molecule has 0 saturated heterocycles. The van der Waals surface area contributed by atoms with E-state index in [1.807, 2.05) is 0 Å². The zero-order chi connectivity index (χ0) is 22.4. The van der Waals surface area contributed by atoms with Gasteiger partial charge in [0.05, 0.1) is 28.9 Å². The van der Waals surface area contributed by atoms with Gasteiger partial charge in [0.15, 0.2) is 10.7 Å². The highest BCUT2D eigenvalue weighted by molar-refractivity contribution is 7.89. The number of primary sulfonamides is 1. The van der Waals surface area contributed by atoms with Crippen LogP contribution in [0, 0.1) is 0 Å². The number of furan rings is 1. The SMILES string of the molecule is NS(=O)(=O)c1ccc(-n2nc(C(F)(F)F)cc2-c2ccc(-c3ccco3)c(Cl)c2)cn1. The molecule has 4 rings (SSSR count). The van der Waals surface area contributed by atoms with Crippen LogP contribution in [0.5, 0.6) is 0 Å². The molecule has 7 nitrogen and oxygen atoms in total. The van der Waals surface area contributed by atoms with Crippen molar-refractivity contribution in [3.8, 4) is 28.3 Å². The summed E-state index contributed by atoms with van der Waals surface area (Å²) >= 11 is 6.33. The van der Waals surface area contributed by atoms with E-state index in [9.17, 15) is 21.6 Å². The molecule has 0 bridgehead atoms. The lowest BCUT2D eigenvalue weighted by Crippen LogP contribution is -2.14. The van der Waals surface area contributed by atoms with Crippen molar-refractivity contribution in [1.29, 1.82) is 0 Å². The van der Waals surface area contributed by atoms with Crippen LogP contribution in [0.2, 0.25) is 5.02 Å². The Bertz CT molecular complexity index is 1350. The maximum absolute atomic E-state index is 13.3. The molecule has 0 aliphatic heterocycles. The van der Waals surface area contributed by atoms with Gasteiger partial charge in [-0.2, -0.15) is 18.3 Å². The number of rotatable bonds is 4. The molecule has 3 aromatic heterocycles. The number of nitrogens with zero attached hydrogens (tertiary/aromatic N) is 3. The molecule has 4 aromatic rings. The van der Waals surface area contributed by atoms with Crippen LogP contribution in [0.1, 0.15) is 5.69 Å². The summed E-state index contributed by atoms with van der Waals surface area (Å²) in [7, 11) is -4.06.